The van der Waals surface area contributed by atoms with E-state index in [9.17, 15) is 9.90 Å². The second kappa shape index (κ2) is 3.96. The smallest absolute Gasteiger partial charge is 0.339 e. The van der Waals surface area contributed by atoms with Gasteiger partial charge in [-0.05, 0) is 18.2 Å². The van der Waals surface area contributed by atoms with Gasteiger partial charge in [0.15, 0.2) is 0 Å². The topological polar surface area (TPSA) is 57.5 Å². The third kappa shape index (κ3) is 1.74. The standard InChI is InChI=1S/C11H6BrClO3/c12-5-1-2-6-7(3-5)10(14)8(11(15)16)4-9(6)13/h1-4,14H,(H,15,16). The molecule has 0 saturated heterocycles. The van der Waals surface area contributed by atoms with Crippen LogP contribution < -0.4 is 0 Å². The van der Waals surface area contributed by atoms with Crippen molar-refractivity contribution in [2.45, 2.75) is 0 Å². The van der Waals surface area contributed by atoms with Gasteiger partial charge < -0.3 is 10.2 Å². The highest BCUT2D eigenvalue weighted by Gasteiger charge is 2.15. The van der Waals surface area contributed by atoms with Crippen molar-refractivity contribution in [3.63, 3.8) is 0 Å². The van der Waals surface area contributed by atoms with Gasteiger partial charge in [-0.1, -0.05) is 33.6 Å². The summed E-state index contributed by atoms with van der Waals surface area (Å²) in [5.41, 5.74) is -0.199. The molecule has 2 rings (SSSR count). The van der Waals surface area contributed by atoms with Gasteiger partial charge in [-0.15, -0.1) is 0 Å². The van der Waals surface area contributed by atoms with Crippen molar-refractivity contribution in [2.24, 2.45) is 0 Å². The largest absolute Gasteiger partial charge is 0.506 e. The van der Waals surface area contributed by atoms with E-state index in [1.54, 1.807) is 18.2 Å². The molecule has 0 bridgehead atoms. The summed E-state index contributed by atoms with van der Waals surface area (Å²) in [6.45, 7) is 0. The molecule has 0 aliphatic carbocycles. The SMILES string of the molecule is O=C(O)c1cc(Cl)c2ccc(Br)cc2c1O. The van der Waals surface area contributed by atoms with Gasteiger partial charge in [0, 0.05) is 20.3 Å². The van der Waals surface area contributed by atoms with Gasteiger partial charge in [0.1, 0.15) is 11.3 Å². The number of hydrogen-bond acceptors (Lipinski definition) is 2. The average Bonchev–Trinajstić information content (AvgIpc) is 2.22. The van der Waals surface area contributed by atoms with Crippen molar-refractivity contribution in [2.75, 3.05) is 0 Å². The van der Waals surface area contributed by atoms with Gasteiger partial charge in [0.05, 0.1) is 0 Å². The lowest BCUT2D eigenvalue weighted by Crippen LogP contribution is -1.97. The second-order valence-electron chi connectivity index (χ2n) is 3.25. The quantitative estimate of drug-likeness (QED) is 0.845. The zero-order chi connectivity index (χ0) is 11.9. The first-order valence-corrected chi connectivity index (χ1v) is 5.52. The number of hydrogen-bond donors (Lipinski definition) is 2. The van der Waals surface area contributed by atoms with Crippen LogP contribution in [0.4, 0.5) is 0 Å². The Morgan fingerprint density at radius 3 is 2.56 bits per heavy atom. The van der Waals surface area contributed by atoms with Crippen LogP contribution in [0.1, 0.15) is 10.4 Å². The molecule has 0 radical (unpaired) electrons. The van der Waals surface area contributed by atoms with E-state index in [0.29, 0.717) is 15.8 Å². The summed E-state index contributed by atoms with van der Waals surface area (Å²) in [6.07, 6.45) is 0. The van der Waals surface area contributed by atoms with Gasteiger partial charge in [0.2, 0.25) is 0 Å². The van der Waals surface area contributed by atoms with Crippen LogP contribution in [0.15, 0.2) is 28.7 Å². The molecule has 2 aromatic rings. The molecule has 0 aliphatic heterocycles. The van der Waals surface area contributed by atoms with Crippen molar-refractivity contribution in [1.82, 2.24) is 0 Å². The Kier molecular flexibility index (Phi) is 2.78. The van der Waals surface area contributed by atoms with Crippen LogP contribution in [-0.2, 0) is 0 Å². The minimum absolute atomic E-state index is 0.199. The first-order valence-electron chi connectivity index (χ1n) is 4.34. The normalized spacial score (nSPS) is 10.6. The number of phenols is 1. The summed E-state index contributed by atoms with van der Waals surface area (Å²) in [4.78, 5) is 10.9. The number of aromatic hydroxyl groups is 1. The van der Waals surface area contributed by atoms with E-state index in [1.165, 1.54) is 6.07 Å². The van der Waals surface area contributed by atoms with E-state index >= 15 is 0 Å². The van der Waals surface area contributed by atoms with Crippen LogP contribution in [0.2, 0.25) is 5.02 Å². The number of carboxylic acids is 1. The highest BCUT2D eigenvalue weighted by atomic mass is 79.9. The zero-order valence-corrected chi connectivity index (χ0v) is 10.2. The second-order valence-corrected chi connectivity index (χ2v) is 4.57. The Hall–Kier alpha value is -1.26. The maximum absolute atomic E-state index is 10.9. The third-order valence-corrected chi connectivity index (χ3v) is 3.06. The molecule has 0 spiro atoms. The summed E-state index contributed by atoms with van der Waals surface area (Å²) in [7, 11) is 0. The first kappa shape index (κ1) is 11.2. The van der Waals surface area contributed by atoms with Crippen molar-refractivity contribution in [3.8, 4) is 5.75 Å². The fourth-order valence-electron chi connectivity index (χ4n) is 1.50. The highest BCUT2D eigenvalue weighted by molar-refractivity contribution is 9.10. The number of carbonyl (C=O) groups is 1. The molecule has 0 aromatic heterocycles. The predicted octanol–water partition coefficient (Wildman–Crippen LogP) is 3.66. The lowest BCUT2D eigenvalue weighted by atomic mass is 10.1. The molecular formula is C11H6BrClO3. The van der Waals surface area contributed by atoms with Crippen molar-refractivity contribution >= 4 is 44.3 Å². The van der Waals surface area contributed by atoms with Crippen LogP contribution >= 0.6 is 27.5 Å². The molecule has 0 fully saturated rings. The van der Waals surface area contributed by atoms with Crippen LogP contribution in [0.25, 0.3) is 10.8 Å². The summed E-state index contributed by atoms with van der Waals surface area (Å²) in [6, 6.07) is 6.36. The van der Waals surface area contributed by atoms with E-state index in [2.05, 4.69) is 15.9 Å². The number of rotatable bonds is 1. The highest BCUT2D eigenvalue weighted by Crippen LogP contribution is 2.35. The molecule has 0 saturated carbocycles. The Balaban J connectivity index is 2.91. The molecule has 82 valence electrons. The predicted molar refractivity (Wildman–Crippen MR) is 65.3 cm³/mol. The van der Waals surface area contributed by atoms with E-state index in [-0.39, 0.29) is 11.3 Å². The van der Waals surface area contributed by atoms with Crippen molar-refractivity contribution < 1.29 is 15.0 Å². The first-order chi connectivity index (χ1) is 7.50. The fraction of sp³-hybridized carbons (Fsp3) is 0. The average molecular weight is 302 g/mol. The zero-order valence-electron chi connectivity index (χ0n) is 7.87. The minimum Gasteiger partial charge on any atom is -0.506 e. The van der Waals surface area contributed by atoms with E-state index in [0.717, 1.165) is 4.47 Å². The van der Waals surface area contributed by atoms with Crippen LogP contribution in [-0.4, -0.2) is 16.2 Å². The van der Waals surface area contributed by atoms with Crippen molar-refractivity contribution in [1.29, 1.82) is 0 Å². The Morgan fingerprint density at radius 1 is 1.25 bits per heavy atom. The number of halogens is 2. The number of carboxylic acid groups (broad SMARTS) is 1. The van der Waals surface area contributed by atoms with Crippen molar-refractivity contribution in [3.05, 3.63) is 39.3 Å². The van der Waals surface area contributed by atoms with Gasteiger partial charge >= 0.3 is 5.97 Å². The molecule has 0 amide bonds. The Labute approximate surface area is 104 Å². The van der Waals surface area contributed by atoms with E-state index in [1.807, 2.05) is 0 Å². The summed E-state index contributed by atoms with van der Waals surface area (Å²) >= 11 is 9.19. The van der Waals surface area contributed by atoms with Gasteiger partial charge in [-0.25, -0.2) is 4.79 Å². The molecular weight excluding hydrogens is 295 g/mol. The summed E-state index contributed by atoms with van der Waals surface area (Å²) < 4.78 is 0.744. The van der Waals surface area contributed by atoms with E-state index in [4.69, 9.17) is 16.7 Å². The molecule has 2 N–H and O–H groups in total. The Bertz CT molecular complexity index is 595. The molecule has 0 aliphatic rings. The van der Waals surface area contributed by atoms with E-state index < -0.39 is 5.97 Å². The lowest BCUT2D eigenvalue weighted by molar-refractivity contribution is 0.0694. The number of fused-ring (bicyclic) bond motifs is 1. The molecule has 0 atom stereocenters. The van der Waals surface area contributed by atoms with Crippen LogP contribution in [0.5, 0.6) is 5.75 Å². The van der Waals surface area contributed by atoms with Gasteiger partial charge in [-0.2, -0.15) is 0 Å². The maximum Gasteiger partial charge on any atom is 0.339 e. The molecule has 0 unspecified atom stereocenters. The van der Waals surface area contributed by atoms with Gasteiger partial charge in [-0.3, -0.25) is 0 Å². The minimum atomic E-state index is -1.21. The molecule has 2 aromatic carbocycles. The van der Waals surface area contributed by atoms with Crippen LogP contribution in [0, 0.1) is 0 Å². The van der Waals surface area contributed by atoms with Gasteiger partial charge in [0.25, 0.3) is 0 Å². The summed E-state index contributed by atoms with van der Waals surface area (Å²) in [5.74, 6) is -1.48. The number of aromatic carboxylic acids is 1. The maximum atomic E-state index is 10.9. The monoisotopic (exact) mass is 300 g/mol. The summed E-state index contributed by atoms with van der Waals surface area (Å²) in [5, 5.41) is 20.0. The molecule has 0 heterocycles. The third-order valence-electron chi connectivity index (χ3n) is 2.25. The fourth-order valence-corrected chi connectivity index (χ4v) is 2.14. The Morgan fingerprint density at radius 2 is 1.94 bits per heavy atom. The van der Waals surface area contributed by atoms with Crippen LogP contribution in [0.3, 0.4) is 0 Å². The lowest BCUT2D eigenvalue weighted by Gasteiger charge is -2.07. The molecule has 5 heteroatoms. The number of benzene rings is 2. The molecule has 16 heavy (non-hydrogen) atoms. The molecule has 3 nitrogen and oxygen atoms in total.